The SMILES string of the molecule is CCC(C)CC(CO)c1ccccc1. The third-order valence-electron chi connectivity index (χ3n) is 2.88. The third-order valence-corrected chi connectivity index (χ3v) is 2.88. The van der Waals surface area contributed by atoms with Gasteiger partial charge in [-0.1, -0.05) is 50.6 Å². The van der Waals surface area contributed by atoms with Crippen LogP contribution in [0.4, 0.5) is 0 Å². The quantitative estimate of drug-likeness (QED) is 0.759. The molecule has 78 valence electrons. The van der Waals surface area contributed by atoms with Crippen LogP contribution in [0.3, 0.4) is 0 Å². The summed E-state index contributed by atoms with van der Waals surface area (Å²) >= 11 is 0. The van der Waals surface area contributed by atoms with E-state index in [2.05, 4.69) is 26.0 Å². The van der Waals surface area contributed by atoms with E-state index in [1.54, 1.807) is 0 Å². The van der Waals surface area contributed by atoms with Gasteiger partial charge in [0.2, 0.25) is 0 Å². The summed E-state index contributed by atoms with van der Waals surface area (Å²) < 4.78 is 0. The predicted octanol–water partition coefficient (Wildman–Crippen LogP) is 3.20. The summed E-state index contributed by atoms with van der Waals surface area (Å²) in [4.78, 5) is 0. The molecule has 0 amide bonds. The highest BCUT2D eigenvalue weighted by molar-refractivity contribution is 5.19. The Bertz CT molecular complexity index is 243. The molecule has 0 saturated carbocycles. The van der Waals surface area contributed by atoms with Crippen LogP contribution in [0, 0.1) is 5.92 Å². The minimum Gasteiger partial charge on any atom is -0.396 e. The molecule has 0 saturated heterocycles. The maximum atomic E-state index is 9.32. The molecule has 0 bridgehead atoms. The lowest BCUT2D eigenvalue weighted by atomic mass is 9.89. The van der Waals surface area contributed by atoms with Gasteiger partial charge in [-0.2, -0.15) is 0 Å². The summed E-state index contributed by atoms with van der Waals surface area (Å²) in [6.45, 7) is 4.70. The van der Waals surface area contributed by atoms with Crippen LogP contribution in [0.5, 0.6) is 0 Å². The second-order valence-electron chi connectivity index (χ2n) is 4.04. The van der Waals surface area contributed by atoms with Crippen molar-refractivity contribution in [3.05, 3.63) is 35.9 Å². The Labute approximate surface area is 86.8 Å². The van der Waals surface area contributed by atoms with Gasteiger partial charge in [0.05, 0.1) is 0 Å². The molecule has 0 aliphatic rings. The number of aliphatic hydroxyl groups is 1. The Morgan fingerprint density at radius 1 is 1.21 bits per heavy atom. The van der Waals surface area contributed by atoms with Gasteiger partial charge in [-0.15, -0.1) is 0 Å². The third kappa shape index (κ3) is 3.15. The Kier molecular flexibility index (Phi) is 4.68. The highest BCUT2D eigenvalue weighted by Gasteiger charge is 2.12. The molecular weight excluding hydrogens is 172 g/mol. The van der Waals surface area contributed by atoms with Crippen molar-refractivity contribution < 1.29 is 5.11 Å². The van der Waals surface area contributed by atoms with E-state index in [1.807, 2.05) is 18.2 Å². The van der Waals surface area contributed by atoms with Crippen LogP contribution in [-0.2, 0) is 0 Å². The van der Waals surface area contributed by atoms with Crippen molar-refractivity contribution in [1.82, 2.24) is 0 Å². The largest absolute Gasteiger partial charge is 0.396 e. The van der Waals surface area contributed by atoms with E-state index in [0.29, 0.717) is 11.8 Å². The fourth-order valence-electron chi connectivity index (χ4n) is 1.69. The number of benzene rings is 1. The van der Waals surface area contributed by atoms with Crippen molar-refractivity contribution >= 4 is 0 Å². The highest BCUT2D eigenvalue weighted by atomic mass is 16.3. The molecule has 0 radical (unpaired) electrons. The van der Waals surface area contributed by atoms with E-state index in [9.17, 15) is 5.11 Å². The van der Waals surface area contributed by atoms with Crippen molar-refractivity contribution in [1.29, 1.82) is 0 Å². The Balaban J connectivity index is 2.63. The molecule has 1 heteroatoms. The van der Waals surface area contributed by atoms with Gasteiger partial charge in [0.1, 0.15) is 0 Å². The number of hydrogen-bond acceptors (Lipinski definition) is 1. The monoisotopic (exact) mass is 192 g/mol. The zero-order chi connectivity index (χ0) is 10.4. The van der Waals surface area contributed by atoms with E-state index in [-0.39, 0.29) is 6.61 Å². The average Bonchev–Trinajstić information content (AvgIpc) is 2.26. The smallest absolute Gasteiger partial charge is 0.0499 e. The van der Waals surface area contributed by atoms with Crippen molar-refractivity contribution in [2.75, 3.05) is 6.61 Å². The lowest BCUT2D eigenvalue weighted by molar-refractivity contribution is 0.245. The van der Waals surface area contributed by atoms with Gasteiger partial charge in [0, 0.05) is 12.5 Å². The second kappa shape index (κ2) is 5.82. The average molecular weight is 192 g/mol. The lowest BCUT2D eigenvalue weighted by Crippen LogP contribution is -2.08. The Hall–Kier alpha value is -0.820. The van der Waals surface area contributed by atoms with Crippen LogP contribution >= 0.6 is 0 Å². The van der Waals surface area contributed by atoms with Crippen LogP contribution in [0.15, 0.2) is 30.3 Å². The molecule has 0 aromatic heterocycles. The summed E-state index contributed by atoms with van der Waals surface area (Å²) in [5, 5.41) is 9.32. The molecule has 14 heavy (non-hydrogen) atoms. The molecule has 0 heterocycles. The van der Waals surface area contributed by atoms with E-state index < -0.39 is 0 Å². The highest BCUT2D eigenvalue weighted by Crippen LogP contribution is 2.24. The maximum Gasteiger partial charge on any atom is 0.0499 e. The van der Waals surface area contributed by atoms with Crippen LogP contribution in [0.1, 0.15) is 38.2 Å². The fraction of sp³-hybridized carbons (Fsp3) is 0.538. The lowest BCUT2D eigenvalue weighted by Gasteiger charge is -2.18. The van der Waals surface area contributed by atoms with Crippen molar-refractivity contribution in [3.63, 3.8) is 0 Å². The molecular formula is C13H20O. The maximum absolute atomic E-state index is 9.32. The van der Waals surface area contributed by atoms with Gasteiger partial charge in [-0.25, -0.2) is 0 Å². The molecule has 1 N–H and O–H groups in total. The van der Waals surface area contributed by atoms with Gasteiger partial charge in [-0.05, 0) is 17.9 Å². The van der Waals surface area contributed by atoms with Gasteiger partial charge < -0.3 is 5.11 Å². The minimum atomic E-state index is 0.258. The molecule has 1 aromatic rings. The van der Waals surface area contributed by atoms with E-state index in [0.717, 1.165) is 6.42 Å². The summed E-state index contributed by atoms with van der Waals surface area (Å²) in [7, 11) is 0. The summed E-state index contributed by atoms with van der Waals surface area (Å²) in [5.74, 6) is 0.999. The molecule has 2 unspecified atom stereocenters. The van der Waals surface area contributed by atoms with Gasteiger partial charge in [0.25, 0.3) is 0 Å². The summed E-state index contributed by atoms with van der Waals surface area (Å²) in [6.07, 6.45) is 2.26. The van der Waals surface area contributed by atoms with Crippen LogP contribution in [0.25, 0.3) is 0 Å². The van der Waals surface area contributed by atoms with E-state index in [1.165, 1.54) is 12.0 Å². The molecule has 0 aliphatic heterocycles. The van der Waals surface area contributed by atoms with Crippen LogP contribution in [-0.4, -0.2) is 11.7 Å². The second-order valence-corrected chi connectivity index (χ2v) is 4.04. The molecule has 0 fully saturated rings. The topological polar surface area (TPSA) is 20.2 Å². The number of rotatable bonds is 5. The van der Waals surface area contributed by atoms with E-state index in [4.69, 9.17) is 0 Å². The molecule has 2 atom stereocenters. The van der Waals surface area contributed by atoms with Crippen LogP contribution in [0.2, 0.25) is 0 Å². The first-order chi connectivity index (χ1) is 6.77. The van der Waals surface area contributed by atoms with Crippen molar-refractivity contribution in [2.45, 2.75) is 32.6 Å². The Morgan fingerprint density at radius 2 is 1.86 bits per heavy atom. The normalized spacial score (nSPS) is 15.1. The predicted molar refractivity (Wildman–Crippen MR) is 60.3 cm³/mol. The van der Waals surface area contributed by atoms with E-state index >= 15 is 0 Å². The summed E-state index contributed by atoms with van der Waals surface area (Å²) in [6, 6.07) is 10.3. The standard InChI is InChI=1S/C13H20O/c1-3-11(2)9-13(10-14)12-7-5-4-6-8-12/h4-8,11,13-14H,3,9-10H2,1-2H3. The fourth-order valence-corrected chi connectivity index (χ4v) is 1.69. The molecule has 1 nitrogen and oxygen atoms in total. The number of hydrogen-bond donors (Lipinski definition) is 1. The van der Waals surface area contributed by atoms with Crippen LogP contribution < -0.4 is 0 Å². The Morgan fingerprint density at radius 3 is 2.36 bits per heavy atom. The number of aliphatic hydroxyl groups excluding tert-OH is 1. The van der Waals surface area contributed by atoms with Gasteiger partial charge in [0.15, 0.2) is 0 Å². The molecule has 0 spiro atoms. The first kappa shape index (κ1) is 11.3. The zero-order valence-electron chi connectivity index (χ0n) is 9.11. The van der Waals surface area contributed by atoms with Gasteiger partial charge >= 0.3 is 0 Å². The molecule has 1 rings (SSSR count). The van der Waals surface area contributed by atoms with Crippen molar-refractivity contribution in [3.8, 4) is 0 Å². The van der Waals surface area contributed by atoms with Crippen molar-refractivity contribution in [2.24, 2.45) is 5.92 Å². The summed E-state index contributed by atoms with van der Waals surface area (Å²) in [5.41, 5.74) is 1.26. The minimum absolute atomic E-state index is 0.258. The first-order valence-electron chi connectivity index (χ1n) is 5.43. The first-order valence-corrected chi connectivity index (χ1v) is 5.43. The zero-order valence-corrected chi connectivity index (χ0v) is 9.11. The molecule has 0 aliphatic carbocycles. The molecule has 1 aromatic carbocycles. The van der Waals surface area contributed by atoms with Gasteiger partial charge in [-0.3, -0.25) is 0 Å².